The molecule has 9 heteroatoms. The van der Waals surface area contributed by atoms with Gasteiger partial charge in [-0.15, -0.1) is 0 Å². The van der Waals surface area contributed by atoms with Crippen molar-refractivity contribution in [2.45, 2.75) is 25.2 Å². The van der Waals surface area contributed by atoms with E-state index in [1.54, 1.807) is 0 Å². The maximum atomic E-state index is 13.2. The molecule has 0 aliphatic carbocycles. The quantitative estimate of drug-likeness (QED) is 0.647. The molecule has 0 saturated carbocycles. The highest BCUT2D eigenvalue weighted by Gasteiger charge is 2.29. The summed E-state index contributed by atoms with van der Waals surface area (Å²) in [5.41, 5.74) is 3.79. The first-order chi connectivity index (χ1) is 16.3. The summed E-state index contributed by atoms with van der Waals surface area (Å²) in [7, 11) is -3.67. The van der Waals surface area contributed by atoms with E-state index < -0.39 is 15.8 Å². The van der Waals surface area contributed by atoms with E-state index in [1.807, 2.05) is 9.80 Å². The number of rotatable bonds is 5. The molecule has 0 unspecified atom stereocenters. The number of piperazine rings is 1. The number of aryl methyl sites for hydroxylation is 1. The summed E-state index contributed by atoms with van der Waals surface area (Å²) in [6, 6.07) is 11.3. The van der Waals surface area contributed by atoms with E-state index in [-0.39, 0.29) is 10.8 Å². The van der Waals surface area contributed by atoms with E-state index >= 15 is 0 Å². The van der Waals surface area contributed by atoms with Gasteiger partial charge in [-0.3, -0.25) is 9.69 Å². The van der Waals surface area contributed by atoms with Gasteiger partial charge in [0, 0.05) is 51.5 Å². The third-order valence-electron chi connectivity index (χ3n) is 6.91. The molecule has 1 amide bonds. The summed E-state index contributed by atoms with van der Waals surface area (Å²) in [6.07, 6.45) is 0.647. The molecule has 2 saturated heterocycles. The normalized spacial score (nSPS) is 18.7. The second-order valence-electron chi connectivity index (χ2n) is 9.07. The van der Waals surface area contributed by atoms with Crippen molar-refractivity contribution >= 4 is 21.6 Å². The van der Waals surface area contributed by atoms with Crippen LogP contribution in [0.2, 0.25) is 0 Å². The van der Waals surface area contributed by atoms with Gasteiger partial charge in [0.1, 0.15) is 5.82 Å². The van der Waals surface area contributed by atoms with Gasteiger partial charge in [-0.25, -0.2) is 12.8 Å². The highest BCUT2D eigenvalue weighted by Crippen LogP contribution is 2.24. The number of benzene rings is 2. The number of halogens is 1. The summed E-state index contributed by atoms with van der Waals surface area (Å²) < 4.78 is 40.5. The molecule has 0 bridgehead atoms. The van der Waals surface area contributed by atoms with Crippen LogP contribution in [0.3, 0.4) is 0 Å². The van der Waals surface area contributed by atoms with E-state index in [0.717, 1.165) is 25.2 Å². The van der Waals surface area contributed by atoms with Crippen LogP contribution in [-0.2, 0) is 14.8 Å². The van der Waals surface area contributed by atoms with Crippen LogP contribution in [0.5, 0.6) is 0 Å². The molecular formula is C25H33FN4O3S. The topological polar surface area (TPSA) is 64.2 Å². The Balaban J connectivity index is 1.30. The Morgan fingerprint density at radius 3 is 2.29 bits per heavy atom. The molecule has 184 valence electrons. The zero-order valence-electron chi connectivity index (χ0n) is 19.9. The number of hydrogen-bond donors (Lipinski definition) is 0. The van der Waals surface area contributed by atoms with Crippen LogP contribution < -0.4 is 4.90 Å². The first kappa shape index (κ1) is 24.6. The van der Waals surface area contributed by atoms with Crippen LogP contribution in [0, 0.1) is 19.7 Å². The van der Waals surface area contributed by atoms with Crippen LogP contribution in [0.1, 0.15) is 17.5 Å². The predicted octanol–water partition coefficient (Wildman–Crippen LogP) is 2.49. The van der Waals surface area contributed by atoms with Gasteiger partial charge in [-0.05, 0) is 68.3 Å². The molecular weight excluding hydrogens is 455 g/mol. The monoisotopic (exact) mass is 488 g/mol. The Morgan fingerprint density at radius 1 is 0.882 bits per heavy atom. The van der Waals surface area contributed by atoms with Gasteiger partial charge in [0.05, 0.1) is 11.4 Å². The van der Waals surface area contributed by atoms with Gasteiger partial charge in [0.15, 0.2) is 0 Å². The van der Waals surface area contributed by atoms with E-state index in [2.05, 4.69) is 36.9 Å². The van der Waals surface area contributed by atoms with Gasteiger partial charge in [-0.2, -0.15) is 4.31 Å². The number of amides is 1. The summed E-state index contributed by atoms with van der Waals surface area (Å²) in [4.78, 5) is 19.4. The number of nitrogens with zero attached hydrogens (tertiary/aromatic N) is 4. The van der Waals surface area contributed by atoms with Crippen molar-refractivity contribution in [3.63, 3.8) is 0 Å². The Labute approximate surface area is 201 Å². The molecule has 0 radical (unpaired) electrons. The molecule has 2 heterocycles. The maximum absolute atomic E-state index is 13.2. The van der Waals surface area contributed by atoms with E-state index in [1.165, 1.54) is 33.3 Å². The molecule has 2 fully saturated rings. The number of carbonyl (C=O) groups excluding carboxylic acids is 1. The average Bonchev–Trinajstić information content (AvgIpc) is 3.07. The zero-order chi connectivity index (χ0) is 24.3. The lowest BCUT2D eigenvalue weighted by Crippen LogP contribution is -2.51. The third kappa shape index (κ3) is 5.42. The van der Waals surface area contributed by atoms with Crippen molar-refractivity contribution in [2.24, 2.45) is 0 Å². The van der Waals surface area contributed by atoms with Crippen molar-refractivity contribution in [3.05, 3.63) is 59.4 Å². The fraction of sp³-hybridized carbons (Fsp3) is 0.480. The molecule has 0 spiro atoms. The number of hydrogen-bond acceptors (Lipinski definition) is 5. The second kappa shape index (κ2) is 10.4. The van der Waals surface area contributed by atoms with Gasteiger partial charge in [-0.1, -0.05) is 12.1 Å². The molecule has 0 N–H and O–H groups in total. The lowest BCUT2D eigenvalue weighted by Gasteiger charge is -2.37. The minimum Gasteiger partial charge on any atom is -0.368 e. The first-order valence-electron chi connectivity index (χ1n) is 11.8. The Kier molecular flexibility index (Phi) is 7.54. The molecule has 0 atom stereocenters. The van der Waals surface area contributed by atoms with Crippen LogP contribution in [-0.4, -0.2) is 87.3 Å². The average molecular weight is 489 g/mol. The van der Waals surface area contributed by atoms with Crippen LogP contribution in [0.25, 0.3) is 0 Å². The molecule has 2 aliphatic heterocycles. The van der Waals surface area contributed by atoms with Gasteiger partial charge < -0.3 is 9.80 Å². The maximum Gasteiger partial charge on any atom is 0.243 e. The first-order valence-corrected chi connectivity index (χ1v) is 13.3. The van der Waals surface area contributed by atoms with E-state index in [4.69, 9.17) is 0 Å². The van der Waals surface area contributed by atoms with E-state index in [9.17, 15) is 17.6 Å². The summed E-state index contributed by atoms with van der Waals surface area (Å²) in [6.45, 7) is 9.40. The second-order valence-corrected chi connectivity index (χ2v) is 11.0. The highest BCUT2D eigenvalue weighted by molar-refractivity contribution is 7.89. The molecule has 4 rings (SSSR count). The number of carbonyl (C=O) groups is 1. The molecule has 34 heavy (non-hydrogen) atoms. The number of anilines is 1. The predicted molar refractivity (Wildman–Crippen MR) is 131 cm³/mol. The van der Waals surface area contributed by atoms with Gasteiger partial charge in [0.2, 0.25) is 15.9 Å². The highest BCUT2D eigenvalue weighted by atomic mass is 32.2. The Bertz CT molecular complexity index is 1120. The van der Waals surface area contributed by atoms with Crippen LogP contribution in [0.4, 0.5) is 10.1 Å². The van der Waals surface area contributed by atoms with Crippen molar-refractivity contribution in [2.75, 3.05) is 63.8 Å². The molecule has 2 aromatic rings. The fourth-order valence-corrected chi connectivity index (χ4v) is 6.14. The number of sulfonamides is 1. The van der Waals surface area contributed by atoms with Crippen LogP contribution >= 0.6 is 0 Å². The fourth-order valence-electron chi connectivity index (χ4n) is 4.67. The SMILES string of the molecule is Cc1cccc(N2CCN(C(=O)CN3CCCN(S(=O)(=O)c4ccc(F)cc4)CC3)CC2)c1C. The van der Waals surface area contributed by atoms with Crippen molar-refractivity contribution < 1.29 is 17.6 Å². The minimum atomic E-state index is -3.67. The Hall–Kier alpha value is -2.49. The molecule has 2 aromatic carbocycles. The third-order valence-corrected chi connectivity index (χ3v) is 8.82. The largest absolute Gasteiger partial charge is 0.368 e. The lowest BCUT2D eigenvalue weighted by atomic mass is 10.1. The molecule has 0 aromatic heterocycles. The van der Waals surface area contributed by atoms with E-state index in [0.29, 0.717) is 52.2 Å². The lowest BCUT2D eigenvalue weighted by molar-refractivity contribution is -0.132. The summed E-state index contributed by atoms with van der Waals surface area (Å²) in [5.74, 6) is -0.371. The minimum absolute atomic E-state index is 0.0930. The smallest absolute Gasteiger partial charge is 0.243 e. The van der Waals surface area contributed by atoms with Crippen molar-refractivity contribution in [3.8, 4) is 0 Å². The Morgan fingerprint density at radius 2 is 1.59 bits per heavy atom. The van der Waals surface area contributed by atoms with Crippen molar-refractivity contribution in [1.82, 2.24) is 14.1 Å². The van der Waals surface area contributed by atoms with Crippen LogP contribution in [0.15, 0.2) is 47.4 Å². The van der Waals surface area contributed by atoms with Gasteiger partial charge in [0.25, 0.3) is 0 Å². The standard InChI is InChI=1S/C25H33FN4O3S/c1-20-5-3-6-24(21(20)2)28-14-16-29(17-15-28)25(31)19-27-11-4-12-30(18-13-27)34(32,33)23-9-7-22(26)8-10-23/h3,5-10H,4,11-19H2,1-2H3. The zero-order valence-corrected chi connectivity index (χ0v) is 20.7. The summed E-state index contributed by atoms with van der Waals surface area (Å²) >= 11 is 0. The molecule has 2 aliphatic rings. The van der Waals surface area contributed by atoms with Crippen molar-refractivity contribution in [1.29, 1.82) is 0 Å². The van der Waals surface area contributed by atoms with Gasteiger partial charge >= 0.3 is 0 Å². The molecule has 7 nitrogen and oxygen atoms in total. The summed E-state index contributed by atoms with van der Waals surface area (Å²) in [5, 5.41) is 0.